The molecule has 0 aromatic heterocycles. The minimum absolute atomic E-state index is 0.0322. The van der Waals surface area contributed by atoms with Crippen molar-refractivity contribution in [1.29, 1.82) is 0 Å². The molecular formula is C15H21ClFNO. The van der Waals surface area contributed by atoms with Crippen molar-refractivity contribution in [3.05, 3.63) is 40.7 Å². The predicted molar refractivity (Wildman–Crippen MR) is 78.1 cm³/mol. The van der Waals surface area contributed by atoms with Crippen LogP contribution >= 0.6 is 11.6 Å². The summed E-state index contributed by atoms with van der Waals surface area (Å²) in [5.74, 6) is -0.0623. The van der Waals surface area contributed by atoms with Gasteiger partial charge >= 0.3 is 0 Å². The first-order valence-electron chi connectivity index (χ1n) is 6.24. The third-order valence-corrected chi connectivity index (χ3v) is 2.86. The first kappa shape index (κ1) is 16.0. The molecule has 1 aromatic rings. The molecule has 0 fully saturated rings. The van der Waals surface area contributed by atoms with Gasteiger partial charge in [-0.15, -0.1) is 0 Å². The van der Waals surface area contributed by atoms with Crippen LogP contribution in [0, 0.1) is 5.82 Å². The first-order valence-corrected chi connectivity index (χ1v) is 6.68. The van der Waals surface area contributed by atoms with Crippen molar-refractivity contribution in [1.82, 2.24) is 5.32 Å². The number of para-hydroxylation sites is 1. The highest BCUT2D eigenvalue weighted by Gasteiger charge is 2.13. The third kappa shape index (κ3) is 5.62. The van der Waals surface area contributed by atoms with Gasteiger partial charge in [0.05, 0.1) is 0 Å². The van der Waals surface area contributed by atoms with Crippen LogP contribution in [0.25, 0.3) is 0 Å². The van der Waals surface area contributed by atoms with Gasteiger partial charge < -0.3 is 10.1 Å². The van der Waals surface area contributed by atoms with Crippen LogP contribution in [0.5, 0.6) is 5.75 Å². The Morgan fingerprint density at radius 2 is 2.11 bits per heavy atom. The highest BCUT2D eigenvalue weighted by atomic mass is 35.5. The van der Waals surface area contributed by atoms with Gasteiger partial charge in [0.1, 0.15) is 6.61 Å². The lowest BCUT2D eigenvalue weighted by molar-refractivity contribution is 0.324. The van der Waals surface area contributed by atoms with Gasteiger partial charge in [-0.05, 0) is 39.3 Å². The molecule has 0 bridgehead atoms. The van der Waals surface area contributed by atoms with E-state index in [1.54, 1.807) is 6.07 Å². The van der Waals surface area contributed by atoms with Crippen LogP contribution in [0.4, 0.5) is 4.39 Å². The lowest BCUT2D eigenvalue weighted by atomic mass is 10.1. The second-order valence-corrected chi connectivity index (χ2v) is 5.79. The fraction of sp³-hybridized carbons (Fsp3) is 0.467. The van der Waals surface area contributed by atoms with Crippen molar-refractivity contribution < 1.29 is 9.13 Å². The van der Waals surface area contributed by atoms with E-state index in [4.69, 9.17) is 16.3 Å². The quantitative estimate of drug-likeness (QED) is 0.874. The molecule has 1 rings (SSSR count). The van der Waals surface area contributed by atoms with Gasteiger partial charge in [-0.3, -0.25) is 0 Å². The molecule has 106 valence electrons. The van der Waals surface area contributed by atoms with Crippen molar-refractivity contribution in [2.24, 2.45) is 0 Å². The van der Waals surface area contributed by atoms with E-state index in [1.807, 2.05) is 13.0 Å². The summed E-state index contributed by atoms with van der Waals surface area (Å²) in [4.78, 5) is 0. The molecule has 0 amide bonds. The average molecular weight is 286 g/mol. The van der Waals surface area contributed by atoms with E-state index in [2.05, 4.69) is 26.1 Å². The Kier molecular flexibility index (Phi) is 5.83. The fourth-order valence-corrected chi connectivity index (χ4v) is 1.50. The van der Waals surface area contributed by atoms with Crippen molar-refractivity contribution in [2.75, 3.05) is 6.61 Å². The molecule has 0 unspecified atom stereocenters. The maximum absolute atomic E-state index is 13.8. The Hall–Kier alpha value is -1.06. The number of rotatable bonds is 5. The fourth-order valence-electron chi connectivity index (χ4n) is 1.43. The molecular weight excluding hydrogens is 265 g/mol. The van der Waals surface area contributed by atoms with Gasteiger partial charge in [-0.1, -0.05) is 23.7 Å². The average Bonchev–Trinajstić information content (AvgIpc) is 2.33. The molecule has 1 aromatic carbocycles. The summed E-state index contributed by atoms with van der Waals surface area (Å²) < 4.78 is 19.3. The number of nitrogens with one attached hydrogen (secondary N) is 1. The van der Waals surface area contributed by atoms with Gasteiger partial charge in [0, 0.05) is 23.2 Å². The van der Waals surface area contributed by atoms with Crippen LogP contribution in [0.1, 0.15) is 33.3 Å². The lowest BCUT2D eigenvalue weighted by Crippen LogP contribution is -2.35. The second-order valence-electron chi connectivity index (χ2n) is 5.58. The third-order valence-electron chi connectivity index (χ3n) is 2.49. The van der Waals surface area contributed by atoms with Gasteiger partial charge in [0.2, 0.25) is 0 Å². The van der Waals surface area contributed by atoms with Crippen LogP contribution in [0.3, 0.4) is 0 Å². The molecule has 0 saturated heterocycles. The van der Waals surface area contributed by atoms with Crippen LogP contribution < -0.4 is 10.1 Å². The Morgan fingerprint density at radius 1 is 1.42 bits per heavy atom. The molecule has 0 aliphatic heterocycles. The smallest absolute Gasteiger partial charge is 0.165 e. The number of halogens is 2. The van der Waals surface area contributed by atoms with E-state index >= 15 is 0 Å². The highest BCUT2D eigenvalue weighted by Crippen LogP contribution is 2.23. The van der Waals surface area contributed by atoms with Crippen LogP contribution in [-0.4, -0.2) is 12.1 Å². The minimum atomic E-state index is -0.351. The van der Waals surface area contributed by atoms with E-state index < -0.39 is 0 Å². The van der Waals surface area contributed by atoms with Crippen LogP contribution in [0.15, 0.2) is 29.3 Å². The molecule has 1 N–H and O–H groups in total. The summed E-state index contributed by atoms with van der Waals surface area (Å²) in [5, 5.41) is 3.32. The summed E-state index contributed by atoms with van der Waals surface area (Å²) in [6.45, 7) is 8.86. The first-order chi connectivity index (χ1) is 8.83. The monoisotopic (exact) mass is 285 g/mol. The minimum Gasteiger partial charge on any atom is -0.486 e. The van der Waals surface area contributed by atoms with Crippen molar-refractivity contribution >= 4 is 11.6 Å². The normalized spacial score (nSPS) is 12.6. The largest absolute Gasteiger partial charge is 0.486 e. The zero-order chi connectivity index (χ0) is 14.5. The van der Waals surface area contributed by atoms with Gasteiger partial charge in [-0.25, -0.2) is 4.39 Å². The molecule has 2 nitrogen and oxygen atoms in total. The Labute approximate surface area is 119 Å². The number of hydrogen-bond acceptors (Lipinski definition) is 2. The Balaban J connectivity index is 2.83. The maximum Gasteiger partial charge on any atom is 0.165 e. The summed E-state index contributed by atoms with van der Waals surface area (Å²) in [6, 6.07) is 4.94. The van der Waals surface area contributed by atoms with E-state index in [-0.39, 0.29) is 23.7 Å². The van der Waals surface area contributed by atoms with E-state index in [1.165, 1.54) is 11.6 Å². The van der Waals surface area contributed by atoms with Gasteiger partial charge in [-0.2, -0.15) is 0 Å². The topological polar surface area (TPSA) is 21.3 Å². The molecule has 0 aliphatic carbocycles. The van der Waals surface area contributed by atoms with E-state index in [9.17, 15) is 4.39 Å². The Bertz CT molecular complexity index is 452. The molecule has 0 spiro atoms. The van der Waals surface area contributed by atoms with Gasteiger partial charge in [0.25, 0.3) is 0 Å². The standard InChI is InChI=1S/C15H21ClFNO/c1-11(8-16)10-19-14-12(6-5-7-13(14)17)9-18-15(2,3)4/h5-8,18H,9-10H2,1-4H3/b11-8-. The summed E-state index contributed by atoms with van der Waals surface area (Å²) in [5.41, 5.74) is 3.06. The number of ether oxygens (including phenoxy) is 1. The second kappa shape index (κ2) is 6.92. The van der Waals surface area contributed by atoms with E-state index in [0.717, 1.165) is 11.1 Å². The zero-order valence-corrected chi connectivity index (χ0v) is 12.6. The number of benzene rings is 1. The maximum atomic E-state index is 13.8. The predicted octanol–water partition coefficient (Wildman–Crippen LogP) is 4.24. The molecule has 0 saturated carbocycles. The molecule has 0 heterocycles. The SMILES string of the molecule is C/C(=C/Cl)COc1c(F)cccc1CNC(C)(C)C. The Morgan fingerprint density at radius 3 is 2.68 bits per heavy atom. The number of hydrogen-bond donors (Lipinski definition) is 1. The van der Waals surface area contributed by atoms with E-state index in [0.29, 0.717) is 6.54 Å². The summed E-state index contributed by atoms with van der Waals surface area (Å²) >= 11 is 5.57. The molecule has 0 aliphatic rings. The van der Waals surface area contributed by atoms with Crippen LogP contribution in [0.2, 0.25) is 0 Å². The van der Waals surface area contributed by atoms with Crippen molar-refractivity contribution in [2.45, 2.75) is 39.8 Å². The zero-order valence-electron chi connectivity index (χ0n) is 11.9. The summed E-state index contributed by atoms with van der Waals surface area (Å²) in [7, 11) is 0. The highest BCUT2D eigenvalue weighted by molar-refractivity contribution is 6.25. The van der Waals surface area contributed by atoms with Gasteiger partial charge in [0.15, 0.2) is 11.6 Å². The molecule has 0 atom stereocenters. The molecule has 0 radical (unpaired) electrons. The lowest BCUT2D eigenvalue weighted by Gasteiger charge is -2.22. The summed E-state index contributed by atoms with van der Waals surface area (Å²) in [6.07, 6.45) is 0. The molecule has 19 heavy (non-hydrogen) atoms. The molecule has 4 heteroatoms. The van der Waals surface area contributed by atoms with Crippen molar-refractivity contribution in [3.63, 3.8) is 0 Å². The van der Waals surface area contributed by atoms with Crippen LogP contribution in [-0.2, 0) is 6.54 Å². The van der Waals surface area contributed by atoms with Crippen molar-refractivity contribution in [3.8, 4) is 5.75 Å².